The first-order chi connectivity index (χ1) is 19.5. The molecule has 4 aromatic rings. The molecule has 0 fully saturated rings. The van der Waals surface area contributed by atoms with Crippen LogP contribution in [0.5, 0.6) is 5.75 Å². The van der Waals surface area contributed by atoms with Gasteiger partial charge in [-0.25, -0.2) is 14.5 Å². The Bertz CT molecular complexity index is 1500. The summed E-state index contributed by atoms with van der Waals surface area (Å²) in [6.07, 6.45) is -1.75. The summed E-state index contributed by atoms with van der Waals surface area (Å²) in [7, 11) is 0. The Balaban J connectivity index is 1.24. The van der Waals surface area contributed by atoms with Crippen molar-refractivity contribution in [2.75, 3.05) is 6.54 Å². The molecule has 11 heteroatoms. The predicted molar refractivity (Wildman–Crippen MR) is 155 cm³/mol. The molecule has 7 nitrogen and oxygen atoms in total. The molecule has 4 rings (SSSR count). The van der Waals surface area contributed by atoms with Crippen LogP contribution in [-0.2, 0) is 6.42 Å². The van der Waals surface area contributed by atoms with Crippen molar-refractivity contribution in [3.63, 3.8) is 0 Å². The topological polar surface area (TPSA) is 81.1 Å². The van der Waals surface area contributed by atoms with Gasteiger partial charge < -0.3 is 10.1 Å². The van der Waals surface area contributed by atoms with Gasteiger partial charge in [-0.1, -0.05) is 74.1 Å². The number of alkyl halides is 3. The number of hydrogen-bond acceptors (Lipinski definition) is 5. The van der Waals surface area contributed by atoms with Crippen molar-refractivity contribution in [2.45, 2.75) is 45.9 Å². The van der Waals surface area contributed by atoms with Crippen LogP contribution in [0.1, 0.15) is 48.4 Å². The van der Waals surface area contributed by atoms with E-state index in [1.165, 1.54) is 35.3 Å². The number of amides is 2. The highest BCUT2D eigenvalue weighted by Crippen LogP contribution is 2.24. The van der Waals surface area contributed by atoms with Crippen LogP contribution in [0.2, 0.25) is 0 Å². The second kappa shape index (κ2) is 12.9. The van der Waals surface area contributed by atoms with Gasteiger partial charge in [-0.3, -0.25) is 5.32 Å². The summed E-state index contributed by atoms with van der Waals surface area (Å²) in [5, 5.41) is 10.1. The van der Waals surface area contributed by atoms with Crippen molar-refractivity contribution < 1.29 is 22.7 Å². The number of ether oxygens (including phenoxy) is 1. The van der Waals surface area contributed by atoms with Crippen LogP contribution in [0.4, 0.5) is 18.0 Å². The average molecular weight is 582 g/mol. The number of aromatic nitrogens is 3. The van der Waals surface area contributed by atoms with Crippen LogP contribution in [-0.4, -0.2) is 38.7 Å². The van der Waals surface area contributed by atoms with Gasteiger partial charge in [-0.05, 0) is 61.1 Å². The molecule has 1 aromatic heterocycles. The minimum atomic E-state index is -4.74. The summed E-state index contributed by atoms with van der Waals surface area (Å²) in [6.45, 7) is 6.71. The molecule has 0 unspecified atom stereocenters. The third-order valence-corrected chi connectivity index (χ3v) is 6.59. The average Bonchev–Trinajstić information content (AvgIpc) is 3.41. The van der Waals surface area contributed by atoms with E-state index in [2.05, 4.69) is 45.4 Å². The van der Waals surface area contributed by atoms with Crippen LogP contribution in [0.15, 0.2) is 73.1 Å². The molecular formula is C30H30F3N5O2S. The Morgan fingerprint density at radius 2 is 1.76 bits per heavy atom. The molecular weight excluding hydrogens is 551 g/mol. The van der Waals surface area contributed by atoms with Gasteiger partial charge in [0.05, 0.1) is 5.69 Å². The molecule has 0 radical (unpaired) electrons. The molecule has 3 aromatic carbocycles. The van der Waals surface area contributed by atoms with E-state index in [1.54, 1.807) is 0 Å². The van der Waals surface area contributed by atoms with Crippen molar-refractivity contribution >= 4 is 23.2 Å². The number of carbonyl (C=O) groups is 1. The maximum Gasteiger partial charge on any atom is 0.573 e. The lowest BCUT2D eigenvalue weighted by Gasteiger charge is -2.15. The molecule has 41 heavy (non-hydrogen) atoms. The minimum Gasteiger partial charge on any atom is -0.406 e. The van der Waals surface area contributed by atoms with E-state index in [9.17, 15) is 18.0 Å². The Morgan fingerprint density at radius 3 is 2.41 bits per heavy atom. The van der Waals surface area contributed by atoms with Gasteiger partial charge in [0, 0.05) is 17.7 Å². The summed E-state index contributed by atoms with van der Waals surface area (Å²) < 4.78 is 42.5. The van der Waals surface area contributed by atoms with E-state index in [4.69, 9.17) is 12.2 Å². The number of thiocarbonyl (C=S) groups is 1. The molecule has 0 saturated carbocycles. The second-order valence-electron chi connectivity index (χ2n) is 9.81. The highest BCUT2D eigenvalue weighted by molar-refractivity contribution is 7.80. The molecule has 1 heterocycles. The SMILES string of the molecule is Cc1ccc(C(=S)NC(=O)NCCCc2ccc(-c3ncn(-c4ccc(OC(F)(F)F)cc4)n3)cc2)c(C(C)C)c1. The first-order valence-electron chi connectivity index (χ1n) is 13.1. The molecule has 0 aliphatic heterocycles. The Labute approximate surface area is 241 Å². The van der Waals surface area contributed by atoms with Crippen molar-refractivity contribution in [1.29, 1.82) is 0 Å². The van der Waals surface area contributed by atoms with Crippen LogP contribution in [0, 0.1) is 6.92 Å². The summed E-state index contributed by atoms with van der Waals surface area (Å²) in [4.78, 5) is 17.1. The van der Waals surface area contributed by atoms with E-state index in [0.717, 1.165) is 40.7 Å². The third kappa shape index (κ3) is 8.37. The Hall–Kier alpha value is -4.25. The molecule has 0 aliphatic rings. The van der Waals surface area contributed by atoms with Crippen LogP contribution >= 0.6 is 12.2 Å². The number of hydrogen-bond donors (Lipinski definition) is 2. The van der Waals surface area contributed by atoms with Crippen molar-refractivity contribution in [1.82, 2.24) is 25.4 Å². The number of urea groups is 1. The van der Waals surface area contributed by atoms with E-state index in [-0.39, 0.29) is 17.7 Å². The van der Waals surface area contributed by atoms with Crippen molar-refractivity contribution in [3.8, 4) is 22.8 Å². The Kier molecular flexibility index (Phi) is 9.38. The zero-order valence-corrected chi connectivity index (χ0v) is 23.6. The summed E-state index contributed by atoms with van der Waals surface area (Å²) >= 11 is 5.48. The lowest BCUT2D eigenvalue weighted by Crippen LogP contribution is -2.39. The molecule has 2 amide bonds. The number of aryl methyl sites for hydroxylation is 2. The Morgan fingerprint density at radius 1 is 1.05 bits per heavy atom. The summed E-state index contributed by atoms with van der Waals surface area (Å²) in [5.74, 6) is 0.461. The van der Waals surface area contributed by atoms with E-state index in [1.807, 2.05) is 43.3 Å². The largest absolute Gasteiger partial charge is 0.573 e. The van der Waals surface area contributed by atoms with Crippen LogP contribution in [0.25, 0.3) is 17.1 Å². The standard InChI is InChI=1S/C30H30F3N5O2S/c1-19(2)26-17-20(3)6-15-25(26)28(41)36-29(39)34-16-4-5-21-7-9-22(10-8-21)27-35-18-38(37-27)23-11-13-24(14-12-23)40-30(31,32)33/h6-15,17-19H,4-5,16H2,1-3H3,(H2,34,36,39,41). The lowest BCUT2D eigenvalue weighted by molar-refractivity contribution is -0.274. The highest BCUT2D eigenvalue weighted by atomic mass is 32.1. The third-order valence-electron chi connectivity index (χ3n) is 6.27. The number of halogens is 3. The molecule has 0 aliphatic carbocycles. The summed E-state index contributed by atoms with van der Waals surface area (Å²) in [6, 6.07) is 18.8. The molecule has 0 atom stereocenters. The van der Waals surface area contributed by atoms with Crippen LogP contribution in [0.3, 0.4) is 0 Å². The van der Waals surface area contributed by atoms with Crippen LogP contribution < -0.4 is 15.4 Å². The van der Waals surface area contributed by atoms with Gasteiger partial charge in [0.15, 0.2) is 5.82 Å². The van der Waals surface area contributed by atoms with Gasteiger partial charge >= 0.3 is 12.4 Å². The van der Waals surface area contributed by atoms with Crippen molar-refractivity contribution in [2.24, 2.45) is 0 Å². The quantitative estimate of drug-likeness (QED) is 0.167. The first kappa shape index (κ1) is 29.7. The van der Waals surface area contributed by atoms with Gasteiger partial charge in [0.25, 0.3) is 0 Å². The van der Waals surface area contributed by atoms with Gasteiger partial charge in [-0.2, -0.15) is 0 Å². The fraction of sp³-hybridized carbons (Fsp3) is 0.267. The van der Waals surface area contributed by atoms with Gasteiger partial charge in [-0.15, -0.1) is 18.3 Å². The number of benzene rings is 3. The van der Waals surface area contributed by atoms with Gasteiger partial charge in [0.2, 0.25) is 0 Å². The minimum absolute atomic E-state index is 0.285. The normalized spacial score (nSPS) is 11.4. The fourth-order valence-electron chi connectivity index (χ4n) is 4.22. The maximum atomic E-state index is 12.4. The predicted octanol–water partition coefficient (Wildman–Crippen LogP) is 6.87. The number of nitrogens with one attached hydrogen (secondary N) is 2. The summed E-state index contributed by atoms with van der Waals surface area (Å²) in [5.41, 5.74) is 5.56. The van der Waals surface area contributed by atoms with E-state index in [0.29, 0.717) is 23.0 Å². The zero-order chi connectivity index (χ0) is 29.6. The fourth-order valence-corrected chi connectivity index (χ4v) is 4.50. The number of nitrogens with zero attached hydrogens (tertiary/aromatic N) is 3. The molecule has 2 N–H and O–H groups in total. The number of rotatable bonds is 9. The monoisotopic (exact) mass is 581 g/mol. The molecule has 0 bridgehead atoms. The second-order valence-corrected chi connectivity index (χ2v) is 10.2. The first-order valence-corrected chi connectivity index (χ1v) is 13.5. The maximum absolute atomic E-state index is 12.4. The zero-order valence-electron chi connectivity index (χ0n) is 22.8. The molecule has 0 saturated heterocycles. The van der Waals surface area contributed by atoms with Crippen molar-refractivity contribution in [3.05, 3.63) is 95.3 Å². The van der Waals surface area contributed by atoms with E-state index >= 15 is 0 Å². The molecule has 0 spiro atoms. The highest BCUT2D eigenvalue weighted by Gasteiger charge is 2.31. The molecule has 214 valence electrons. The number of carbonyl (C=O) groups excluding carboxylic acids is 1. The van der Waals surface area contributed by atoms with E-state index < -0.39 is 6.36 Å². The smallest absolute Gasteiger partial charge is 0.406 e. The lowest BCUT2D eigenvalue weighted by atomic mass is 9.95. The van der Waals surface area contributed by atoms with Gasteiger partial charge in [0.1, 0.15) is 17.1 Å².